The topological polar surface area (TPSA) is 131 Å². The van der Waals surface area contributed by atoms with Crippen LogP contribution in [-0.4, -0.2) is 46.9 Å². The van der Waals surface area contributed by atoms with Gasteiger partial charge >= 0.3 is 6.09 Å². The number of hydrogen-bond acceptors (Lipinski definition) is 5. The number of hydrogen-bond donors (Lipinski definition) is 3. The van der Waals surface area contributed by atoms with Crippen molar-refractivity contribution in [3.05, 3.63) is 64.7 Å². The average Bonchev–Trinajstić information content (AvgIpc) is 2.81. The van der Waals surface area contributed by atoms with Gasteiger partial charge < -0.3 is 26.0 Å². The highest BCUT2D eigenvalue weighted by Gasteiger charge is 2.37. The fourth-order valence-corrected chi connectivity index (χ4v) is 4.26. The fraction of sp³-hybridized carbons (Fsp3) is 0.448. The number of para-hydroxylation sites is 1. The van der Waals surface area contributed by atoms with Crippen molar-refractivity contribution in [2.45, 2.75) is 79.0 Å². The lowest BCUT2D eigenvalue weighted by molar-refractivity contribution is -0.140. The molecule has 4 N–H and O–H groups in total. The lowest BCUT2D eigenvalue weighted by Gasteiger charge is -2.35. The molecule has 2 atom stereocenters. The summed E-state index contributed by atoms with van der Waals surface area (Å²) in [5.41, 5.74) is 8.45. The SMILES string of the molecule is CCN(C(=O)C(CCC(N)=O)NC(=O)OC(C)(C)C)C(C(=O)Nc1ccccc1C)c1c(C)cccc1C. The maximum absolute atomic E-state index is 14.0. The van der Waals surface area contributed by atoms with Gasteiger partial charge in [-0.1, -0.05) is 36.4 Å². The van der Waals surface area contributed by atoms with Crippen LogP contribution in [0.15, 0.2) is 42.5 Å². The second-order valence-electron chi connectivity index (χ2n) is 10.3. The van der Waals surface area contributed by atoms with Crippen LogP contribution in [0.4, 0.5) is 10.5 Å². The van der Waals surface area contributed by atoms with Crippen LogP contribution in [-0.2, 0) is 19.1 Å². The summed E-state index contributed by atoms with van der Waals surface area (Å²) in [6.45, 7) is 12.7. The van der Waals surface area contributed by atoms with Crippen LogP contribution < -0.4 is 16.4 Å². The zero-order valence-corrected chi connectivity index (χ0v) is 23.4. The zero-order valence-electron chi connectivity index (χ0n) is 23.4. The standard InChI is InChI=1S/C29H40N4O5/c1-8-33(27(36)22(16-17-23(30)34)32-28(37)38-29(5,6)7)25(24-19(3)13-11-14-20(24)4)26(35)31-21-15-10-9-12-18(21)2/h9-15,22,25H,8,16-17H2,1-7H3,(H2,30,34)(H,31,35)(H,32,37). The molecular weight excluding hydrogens is 484 g/mol. The minimum absolute atomic E-state index is 0.0389. The monoisotopic (exact) mass is 524 g/mol. The summed E-state index contributed by atoms with van der Waals surface area (Å²) in [5.74, 6) is -1.52. The predicted molar refractivity (Wildman–Crippen MR) is 147 cm³/mol. The van der Waals surface area contributed by atoms with Crippen LogP contribution in [0.2, 0.25) is 0 Å². The molecule has 9 nitrogen and oxygen atoms in total. The number of nitrogens with two attached hydrogens (primary N) is 1. The van der Waals surface area contributed by atoms with E-state index in [1.165, 1.54) is 4.90 Å². The maximum atomic E-state index is 14.0. The largest absolute Gasteiger partial charge is 0.444 e. The van der Waals surface area contributed by atoms with E-state index in [-0.39, 0.29) is 19.4 Å². The Bertz CT molecular complexity index is 1150. The molecule has 206 valence electrons. The number of nitrogens with one attached hydrogen (secondary N) is 2. The molecule has 0 saturated carbocycles. The highest BCUT2D eigenvalue weighted by atomic mass is 16.6. The first-order valence-corrected chi connectivity index (χ1v) is 12.8. The molecule has 9 heteroatoms. The molecule has 0 aliphatic heterocycles. The normalized spacial score (nSPS) is 12.7. The Labute approximate surface area is 225 Å². The number of alkyl carbamates (subject to hydrolysis) is 1. The van der Waals surface area contributed by atoms with Crippen molar-refractivity contribution in [1.29, 1.82) is 0 Å². The molecule has 0 aromatic heterocycles. The number of primary amides is 1. The van der Waals surface area contributed by atoms with E-state index in [1.807, 2.05) is 57.2 Å². The van der Waals surface area contributed by atoms with Crippen molar-refractivity contribution in [1.82, 2.24) is 10.2 Å². The summed E-state index contributed by atoms with van der Waals surface area (Å²) in [6, 6.07) is 10.9. The second-order valence-corrected chi connectivity index (χ2v) is 10.3. The predicted octanol–water partition coefficient (Wildman–Crippen LogP) is 4.30. The van der Waals surface area contributed by atoms with Gasteiger partial charge in [-0.15, -0.1) is 0 Å². The van der Waals surface area contributed by atoms with Crippen molar-refractivity contribution in [3.63, 3.8) is 0 Å². The van der Waals surface area contributed by atoms with E-state index in [4.69, 9.17) is 10.5 Å². The summed E-state index contributed by atoms with van der Waals surface area (Å²) in [4.78, 5) is 53.4. The number of aryl methyl sites for hydroxylation is 3. The Morgan fingerprint density at radius 2 is 1.53 bits per heavy atom. The van der Waals surface area contributed by atoms with Crippen LogP contribution in [0.3, 0.4) is 0 Å². The molecule has 0 saturated heterocycles. The lowest BCUT2D eigenvalue weighted by atomic mass is 9.93. The third-order valence-electron chi connectivity index (χ3n) is 6.07. The van der Waals surface area contributed by atoms with Gasteiger partial charge in [0.15, 0.2) is 0 Å². The molecule has 2 unspecified atom stereocenters. The van der Waals surface area contributed by atoms with E-state index in [1.54, 1.807) is 33.8 Å². The average molecular weight is 525 g/mol. The number of carbonyl (C=O) groups excluding carboxylic acids is 4. The van der Waals surface area contributed by atoms with Gasteiger partial charge in [0.05, 0.1) is 0 Å². The summed E-state index contributed by atoms with van der Waals surface area (Å²) in [6.07, 6.45) is -0.972. The van der Waals surface area contributed by atoms with Gasteiger partial charge in [-0.25, -0.2) is 4.79 Å². The molecule has 0 aliphatic rings. The number of benzene rings is 2. The number of ether oxygens (including phenoxy) is 1. The first kappa shape index (κ1) is 30.3. The fourth-order valence-electron chi connectivity index (χ4n) is 4.26. The van der Waals surface area contributed by atoms with E-state index in [9.17, 15) is 19.2 Å². The lowest BCUT2D eigenvalue weighted by Crippen LogP contribution is -2.52. The molecule has 2 aromatic carbocycles. The van der Waals surface area contributed by atoms with Gasteiger partial charge in [0.2, 0.25) is 11.8 Å². The van der Waals surface area contributed by atoms with Crippen LogP contribution in [0.5, 0.6) is 0 Å². The van der Waals surface area contributed by atoms with E-state index in [2.05, 4.69) is 10.6 Å². The number of rotatable bonds is 10. The Hall–Kier alpha value is -3.88. The Kier molecular flexibility index (Phi) is 10.4. The molecule has 4 amide bonds. The van der Waals surface area contributed by atoms with E-state index >= 15 is 0 Å². The van der Waals surface area contributed by atoms with Gasteiger partial charge in [-0.2, -0.15) is 0 Å². The van der Waals surface area contributed by atoms with Crippen LogP contribution >= 0.6 is 0 Å². The van der Waals surface area contributed by atoms with E-state index < -0.39 is 41.5 Å². The highest BCUT2D eigenvalue weighted by Crippen LogP contribution is 2.30. The first-order chi connectivity index (χ1) is 17.7. The third-order valence-corrected chi connectivity index (χ3v) is 6.07. The molecule has 0 spiro atoms. The van der Waals surface area contributed by atoms with Crippen LogP contribution in [0.1, 0.15) is 68.8 Å². The molecule has 0 bridgehead atoms. The summed E-state index contributed by atoms with van der Waals surface area (Å²) < 4.78 is 5.35. The summed E-state index contributed by atoms with van der Waals surface area (Å²) in [5, 5.41) is 5.56. The first-order valence-electron chi connectivity index (χ1n) is 12.8. The smallest absolute Gasteiger partial charge is 0.408 e. The van der Waals surface area contributed by atoms with E-state index in [0.29, 0.717) is 11.3 Å². The number of likely N-dealkylation sites (N-methyl/N-ethyl adjacent to an activating group) is 1. The minimum atomic E-state index is -1.13. The van der Waals surface area contributed by atoms with Crippen molar-refractivity contribution < 1.29 is 23.9 Å². The molecule has 0 fully saturated rings. The maximum Gasteiger partial charge on any atom is 0.408 e. The Balaban J connectivity index is 2.54. The highest BCUT2D eigenvalue weighted by molar-refractivity contribution is 5.99. The Morgan fingerprint density at radius 1 is 0.947 bits per heavy atom. The minimum Gasteiger partial charge on any atom is -0.444 e. The van der Waals surface area contributed by atoms with Crippen molar-refractivity contribution >= 4 is 29.5 Å². The number of nitrogens with zero attached hydrogens (tertiary/aromatic N) is 1. The molecule has 38 heavy (non-hydrogen) atoms. The Morgan fingerprint density at radius 3 is 2.05 bits per heavy atom. The quantitative estimate of drug-likeness (QED) is 0.427. The van der Waals surface area contributed by atoms with Crippen molar-refractivity contribution in [2.75, 3.05) is 11.9 Å². The molecule has 0 aliphatic carbocycles. The van der Waals surface area contributed by atoms with Crippen molar-refractivity contribution in [3.8, 4) is 0 Å². The third kappa shape index (κ3) is 8.33. The number of amides is 4. The molecule has 0 radical (unpaired) electrons. The van der Waals surface area contributed by atoms with Gasteiger partial charge in [0, 0.05) is 18.7 Å². The molecule has 2 rings (SSSR count). The molecular formula is C29H40N4O5. The van der Waals surface area contributed by atoms with Gasteiger partial charge in [0.25, 0.3) is 5.91 Å². The zero-order chi connectivity index (χ0) is 28.6. The van der Waals surface area contributed by atoms with Crippen LogP contribution in [0, 0.1) is 20.8 Å². The molecule has 2 aromatic rings. The summed E-state index contributed by atoms with van der Waals surface area (Å²) >= 11 is 0. The van der Waals surface area contributed by atoms with Crippen LogP contribution in [0.25, 0.3) is 0 Å². The number of anilines is 1. The van der Waals surface area contributed by atoms with E-state index in [0.717, 1.165) is 16.7 Å². The molecule has 0 heterocycles. The van der Waals surface area contributed by atoms with Crippen molar-refractivity contribution in [2.24, 2.45) is 5.73 Å². The van der Waals surface area contributed by atoms with Gasteiger partial charge in [-0.3, -0.25) is 14.4 Å². The van der Waals surface area contributed by atoms with Gasteiger partial charge in [-0.05, 0) is 83.2 Å². The number of carbonyl (C=O) groups is 4. The van der Waals surface area contributed by atoms with Gasteiger partial charge in [0.1, 0.15) is 17.7 Å². The summed E-state index contributed by atoms with van der Waals surface area (Å²) in [7, 11) is 0. The second kappa shape index (κ2) is 13.1.